The molecule has 0 bridgehead atoms. The number of esters is 2. The summed E-state index contributed by atoms with van der Waals surface area (Å²) in [6, 6.07) is 2.75. The predicted octanol–water partition coefficient (Wildman–Crippen LogP) is 2.20. The summed E-state index contributed by atoms with van der Waals surface area (Å²) in [6.07, 6.45) is 0. The van der Waals surface area contributed by atoms with E-state index in [2.05, 4.69) is 0 Å². The van der Waals surface area contributed by atoms with Gasteiger partial charge in [0.2, 0.25) is 0 Å². The van der Waals surface area contributed by atoms with Gasteiger partial charge in [-0.05, 0) is 45.2 Å². The maximum absolute atomic E-state index is 12.3. The highest BCUT2D eigenvalue weighted by Gasteiger charge is 2.34. The number of hydrogen-bond acceptors (Lipinski definition) is 8. The lowest BCUT2D eigenvalue weighted by molar-refractivity contribution is -0.385. The Bertz CT molecular complexity index is 755. The van der Waals surface area contributed by atoms with Crippen LogP contribution >= 0.6 is 45.2 Å². The summed E-state index contributed by atoms with van der Waals surface area (Å²) in [5, 5.41) is 11.0. The summed E-state index contributed by atoms with van der Waals surface area (Å²) in [4.78, 5) is 36.2. The van der Waals surface area contributed by atoms with E-state index in [1.165, 1.54) is 31.3 Å². The fourth-order valence-electron chi connectivity index (χ4n) is 2.24. The number of carbonyl (C=O) groups is 2. The number of nitrogens with zero attached hydrogens (tertiary/aromatic N) is 2. The molecule has 0 saturated heterocycles. The van der Waals surface area contributed by atoms with Crippen LogP contribution in [0.15, 0.2) is 23.4 Å². The van der Waals surface area contributed by atoms with E-state index >= 15 is 0 Å². The topological polar surface area (TPSA) is 108 Å². The molecule has 1 aromatic carbocycles. The van der Waals surface area contributed by atoms with Gasteiger partial charge < -0.3 is 19.1 Å². The molecule has 2 rings (SSSR count). The highest BCUT2D eigenvalue weighted by atomic mass is 127. The average molecular weight is 574 g/mol. The molecular formula is C14H12I2N2O7. The van der Waals surface area contributed by atoms with Crippen LogP contribution in [-0.4, -0.2) is 44.4 Å². The first-order valence-electron chi connectivity index (χ1n) is 6.70. The Labute approximate surface area is 169 Å². The van der Waals surface area contributed by atoms with Crippen molar-refractivity contribution in [1.29, 1.82) is 0 Å². The normalized spacial score (nSPS) is 14.3. The van der Waals surface area contributed by atoms with Crippen LogP contribution in [0.2, 0.25) is 0 Å². The molecule has 1 aromatic rings. The maximum atomic E-state index is 12.3. The van der Waals surface area contributed by atoms with Gasteiger partial charge in [-0.1, -0.05) is 0 Å². The molecule has 1 aliphatic rings. The molecule has 1 aliphatic heterocycles. The number of anilines is 1. The highest BCUT2D eigenvalue weighted by molar-refractivity contribution is 14.1. The van der Waals surface area contributed by atoms with Crippen LogP contribution in [0.25, 0.3) is 0 Å². The molecule has 0 unspecified atom stereocenters. The van der Waals surface area contributed by atoms with Crippen molar-refractivity contribution in [2.45, 2.75) is 0 Å². The zero-order chi connectivity index (χ0) is 18.7. The number of ether oxygens (including phenoxy) is 3. The van der Waals surface area contributed by atoms with Gasteiger partial charge in [0.05, 0.1) is 37.0 Å². The number of non-ortho nitro benzene ring substituents is 1. The first-order chi connectivity index (χ1) is 11.8. The number of benzene rings is 1. The van der Waals surface area contributed by atoms with Crippen molar-refractivity contribution in [3.63, 3.8) is 0 Å². The molecular weight excluding hydrogens is 562 g/mol. The highest BCUT2D eigenvalue weighted by Crippen LogP contribution is 2.36. The van der Waals surface area contributed by atoms with Gasteiger partial charge in [0.15, 0.2) is 0 Å². The Morgan fingerprint density at radius 3 is 2.24 bits per heavy atom. The molecule has 0 atom stereocenters. The summed E-state index contributed by atoms with van der Waals surface area (Å²) in [5.41, 5.74) is 0.441. The van der Waals surface area contributed by atoms with Gasteiger partial charge in [0.25, 0.3) is 5.69 Å². The molecule has 9 nitrogen and oxygen atoms in total. The van der Waals surface area contributed by atoms with Crippen molar-refractivity contribution in [2.75, 3.05) is 32.5 Å². The third-order valence-corrected chi connectivity index (χ3v) is 4.96. The van der Waals surface area contributed by atoms with E-state index in [1.54, 1.807) is 0 Å². The molecule has 1 heterocycles. The Morgan fingerprint density at radius 1 is 1.20 bits per heavy atom. The van der Waals surface area contributed by atoms with Gasteiger partial charge in [0, 0.05) is 19.3 Å². The molecule has 0 saturated carbocycles. The lowest BCUT2D eigenvalue weighted by Gasteiger charge is -2.32. The van der Waals surface area contributed by atoms with E-state index in [-0.39, 0.29) is 30.3 Å². The maximum Gasteiger partial charge on any atom is 0.355 e. The monoisotopic (exact) mass is 574 g/mol. The molecule has 0 radical (unpaired) electrons. The number of nitro benzene ring substituents is 1. The van der Waals surface area contributed by atoms with Crippen LogP contribution in [0.1, 0.15) is 0 Å². The molecule has 0 amide bonds. The lowest BCUT2D eigenvalue weighted by atomic mass is 10.1. The third-order valence-electron chi connectivity index (χ3n) is 3.32. The van der Waals surface area contributed by atoms with E-state index < -0.39 is 16.9 Å². The summed E-state index contributed by atoms with van der Waals surface area (Å²) in [7, 11) is 2.40. The first-order valence-corrected chi connectivity index (χ1v) is 8.86. The van der Waals surface area contributed by atoms with Crippen molar-refractivity contribution in [3.8, 4) is 0 Å². The second kappa shape index (κ2) is 8.27. The second-order valence-corrected chi connectivity index (χ2v) is 7.06. The van der Waals surface area contributed by atoms with E-state index in [0.29, 0.717) is 12.8 Å². The van der Waals surface area contributed by atoms with Crippen LogP contribution in [0.5, 0.6) is 0 Å². The zero-order valence-corrected chi connectivity index (χ0v) is 17.4. The summed E-state index contributed by atoms with van der Waals surface area (Å²) in [6.45, 7) is -0.123. The van der Waals surface area contributed by atoms with Crippen LogP contribution in [0.4, 0.5) is 11.4 Å². The number of rotatable bonds is 4. The minimum absolute atomic E-state index is 0.00900. The van der Waals surface area contributed by atoms with Gasteiger partial charge in [-0.2, -0.15) is 0 Å². The molecule has 0 spiro atoms. The van der Waals surface area contributed by atoms with Crippen molar-refractivity contribution >= 4 is 68.5 Å². The summed E-state index contributed by atoms with van der Waals surface area (Å²) in [5.74, 6) is -1.44. The third kappa shape index (κ3) is 4.03. The van der Waals surface area contributed by atoms with Crippen molar-refractivity contribution in [3.05, 3.63) is 40.7 Å². The SMILES string of the molecule is COC(=O)C1=C(C(=O)OC)N(c2c(I)cc([N+](=O)[O-])cc2I)COC1. The van der Waals surface area contributed by atoms with E-state index in [1.807, 2.05) is 45.2 Å². The summed E-state index contributed by atoms with van der Waals surface area (Å²) >= 11 is 3.86. The molecule has 0 N–H and O–H groups in total. The van der Waals surface area contributed by atoms with E-state index in [0.717, 1.165) is 0 Å². The van der Waals surface area contributed by atoms with Gasteiger partial charge >= 0.3 is 11.9 Å². The smallest absolute Gasteiger partial charge is 0.355 e. The van der Waals surface area contributed by atoms with Crippen LogP contribution < -0.4 is 4.90 Å². The number of carbonyl (C=O) groups excluding carboxylic acids is 2. The predicted molar refractivity (Wildman–Crippen MR) is 103 cm³/mol. The quantitative estimate of drug-likeness (QED) is 0.233. The van der Waals surface area contributed by atoms with Crippen LogP contribution in [0, 0.1) is 17.3 Å². The van der Waals surface area contributed by atoms with Crippen molar-refractivity contribution in [1.82, 2.24) is 0 Å². The van der Waals surface area contributed by atoms with Crippen LogP contribution in [-0.2, 0) is 23.8 Å². The van der Waals surface area contributed by atoms with Crippen molar-refractivity contribution in [2.24, 2.45) is 0 Å². The van der Waals surface area contributed by atoms with Gasteiger partial charge in [-0.3, -0.25) is 10.1 Å². The van der Waals surface area contributed by atoms with Crippen molar-refractivity contribution < 1.29 is 28.7 Å². The molecule has 0 fully saturated rings. The Kier molecular flexibility index (Phi) is 6.56. The zero-order valence-electron chi connectivity index (χ0n) is 13.1. The Hall–Kier alpha value is -1.48. The van der Waals surface area contributed by atoms with E-state index in [9.17, 15) is 19.7 Å². The lowest BCUT2D eigenvalue weighted by Crippen LogP contribution is -2.39. The average Bonchev–Trinajstić information content (AvgIpc) is 2.59. The number of methoxy groups -OCH3 is 2. The molecule has 0 aliphatic carbocycles. The Morgan fingerprint density at radius 2 is 1.76 bits per heavy atom. The fraction of sp³-hybridized carbons (Fsp3) is 0.286. The molecule has 134 valence electrons. The molecule has 0 aromatic heterocycles. The molecule has 25 heavy (non-hydrogen) atoms. The standard InChI is InChI=1S/C14H12I2N2O7/c1-23-13(19)8-5-25-6-17(11(8)14(20)24-2)12-9(15)3-7(18(21)22)4-10(12)16/h3-4H,5-6H2,1-2H3. The minimum atomic E-state index is -0.728. The van der Waals surface area contributed by atoms with E-state index in [4.69, 9.17) is 14.2 Å². The molecule has 11 heteroatoms. The van der Waals surface area contributed by atoms with Gasteiger partial charge in [0.1, 0.15) is 12.4 Å². The second-order valence-electron chi connectivity index (χ2n) is 4.73. The first kappa shape index (κ1) is 19.8. The van der Waals surface area contributed by atoms with Gasteiger partial charge in [-0.25, -0.2) is 9.59 Å². The van der Waals surface area contributed by atoms with Crippen LogP contribution in [0.3, 0.4) is 0 Å². The fourth-order valence-corrected chi connectivity index (χ4v) is 4.55. The Balaban J connectivity index is 2.66. The summed E-state index contributed by atoms with van der Waals surface area (Å²) < 4.78 is 15.9. The number of hydrogen-bond donors (Lipinski definition) is 0. The number of halogens is 2. The van der Waals surface area contributed by atoms with Gasteiger partial charge in [-0.15, -0.1) is 0 Å². The largest absolute Gasteiger partial charge is 0.466 e. The minimum Gasteiger partial charge on any atom is -0.466 e. The number of nitro groups is 1.